The van der Waals surface area contributed by atoms with E-state index < -0.39 is 0 Å². The first-order valence-corrected chi connectivity index (χ1v) is 6.25. The van der Waals surface area contributed by atoms with Gasteiger partial charge in [-0.05, 0) is 46.0 Å². The highest BCUT2D eigenvalue weighted by atomic mass is 16.5. The zero-order chi connectivity index (χ0) is 11.9. The molecule has 0 radical (unpaired) electrons. The average molecular weight is 225 g/mol. The molecule has 3 nitrogen and oxygen atoms in total. The van der Waals surface area contributed by atoms with Crippen LogP contribution in [0.2, 0.25) is 0 Å². The summed E-state index contributed by atoms with van der Waals surface area (Å²) in [6, 6.07) is 2.32. The van der Waals surface area contributed by atoms with E-state index in [0.29, 0.717) is 6.10 Å². The predicted octanol–water partition coefficient (Wildman–Crippen LogP) is 2.90. The second-order valence-corrected chi connectivity index (χ2v) is 5.16. The highest BCUT2D eigenvalue weighted by Gasteiger charge is 2.16. The SMILES string of the molecule is CC(C)(C#N)CCCCOCC1CCCO1. The predicted molar refractivity (Wildman–Crippen MR) is 63.0 cm³/mol. The quantitative estimate of drug-likeness (QED) is 0.626. The minimum Gasteiger partial charge on any atom is -0.379 e. The van der Waals surface area contributed by atoms with E-state index >= 15 is 0 Å². The van der Waals surface area contributed by atoms with Gasteiger partial charge in [0.25, 0.3) is 0 Å². The van der Waals surface area contributed by atoms with Crippen molar-refractivity contribution < 1.29 is 9.47 Å². The van der Waals surface area contributed by atoms with Crippen LogP contribution in [-0.4, -0.2) is 25.9 Å². The fourth-order valence-corrected chi connectivity index (χ4v) is 1.82. The van der Waals surface area contributed by atoms with Crippen LogP contribution in [0.5, 0.6) is 0 Å². The summed E-state index contributed by atoms with van der Waals surface area (Å²) in [5.74, 6) is 0. The van der Waals surface area contributed by atoms with Crippen molar-refractivity contribution in [1.29, 1.82) is 5.26 Å². The van der Waals surface area contributed by atoms with E-state index in [-0.39, 0.29) is 5.41 Å². The van der Waals surface area contributed by atoms with Crippen LogP contribution in [0.25, 0.3) is 0 Å². The Bertz CT molecular complexity index is 227. The van der Waals surface area contributed by atoms with Gasteiger partial charge < -0.3 is 9.47 Å². The number of ether oxygens (including phenoxy) is 2. The molecule has 92 valence electrons. The van der Waals surface area contributed by atoms with E-state index in [1.54, 1.807) is 0 Å². The van der Waals surface area contributed by atoms with Crippen LogP contribution in [0.3, 0.4) is 0 Å². The molecule has 1 saturated heterocycles. The maximum Gasteiger partial charge on any atom is 0.0809 e. The van der Waals surface area contributed by atoms with Crippen LogP contribution in [0.4, 0.5) is 0 Å². The summed E-state index contributed by atoms with van der Waals surface area (Å²) in [4.78, 5) is 0. The van der Waals surface area contributed by atoms with Gasteiger partial charge in [-0.3, -0.25) is 0 Å². The molecule has 1 aliphatic rings. The summed E-state index contributed by atoms with van der Waals surface area (Å²) in [6.45, 7) is 6.40. The molecule has 0 bridgehead atoms. The van der Waals surface area contributed by atoms with E-state index in [9.17, 15) is 0 Å². The van der Waals surface area contributed by atoms with E-state index in [4.69, 9.17) is 14.7 Å². The standard InChI is InChI=1S/C13H23NO2/c1-13(2,11-14)7-3-4-8-15-10-12-6-5-9-16-12/h12H,3-10H2,1-2H3. The monoisotopic (exact) mass is 225 g/mol. The Morgan fingerprint density at radius 1 is 1.44 bits per heavy atom. The molecule has 1 atom stereocenters. The summed E-state index contributed by atoms with van der Waals surface area (Å²) in [5, 5.41) is 8.84. The number of rotatable bonds is 7. The Labute approximate surface area is 98.7 Å². The molecular weight excluding hydrogens is 202 g/mol. The Morgan fingerprint density at radius 3 is 2.88 bits per heavy atom. The van der Waals surface area contributed by atoms with Crippen molar-refractivity contribution in [2.24, 2.45) is 5.41 Å². The molecule has 0 amide bonds. The number of nitrogens with zero attached hydrogens (tertiary/aromatic N) is 1. The van der Waals surface area contributed by atoms with Gasteiger partial charge in [0.1, 0.15) is 0 Å². The molecule has 0 aliphatic carbocycles. The summed E-state index contributed by atoms with van der Waals surface area (Å²) in [5.41, 5.74) is -0.186. The molecule has 1 fully saturated rings. The zero-order valence-corrected chi connectivity index (χ0v) is 10.5. The molecular formula is C13H23NO2. The molecule has 16 heavy (non-hydrogen) atoms. The van der Waals surface area contributed by atoms with Gasteiger partial charge in [0.05, 0.1) is 24.2 Å². The Balaban J connectivity index is 1.90. The van der Waals surface area contributed by atoms with Crippen molar-refractivity contribution in [2.75, 3.05) is 19.8 Å². The highest BCUT2D eigenvalue weighted by molar-refractivity contribution is 4.91. The highest BCUT2D eigenvalue weighted by Crippen LogP contribution is 2.21. The lowest BCUT2D eigenvalue weighted by molar-refractivity contribution is 0.0158. The molecule has 1 rings (SSSR count). The van der Waals surface area contributed by atoms with Crippen molar-refractivity contribution in [3.8, 4) is 6.07 Å². The number of nitriles is 1. The maximum atomic E-state index is 8.84. The third-order valence-corrected chi connectivity index (χ3v) is 2.97. The van der Waals surface area contributed by atoms with Gasteiger partial charge in [0, 0.05) is 13.2 Å². The maximum absolute atomic E-state index is 8.84. The fraction of sp³-hybridized carbons (Fsp3) is 0.923. The van der Waals surface area contributed by atoms with Crippen LogP contribution < -0.4 is 0 Å². The molecule has 0 aromatic carbocycles. The van der Waals surface area contributed by atoms with Crippen molar-refractivity contribution in [3.63, 3.8) is 0 Å². The summed E-state index contributed by atoms with van der Waals surface area (Å²) in [7, 11) is 0. The van der Waals surface area contributed by atoms with Gasteiger partial charge >= 0.3 is 0 Å². The minimum absolute atomic E-state index is 0.186. The lowest BCUT2D eigenvalue weighted by Crippen LogP contribution is -2.14. The third kappa shape index (κ3) is 5.48. The normalized spacial score (nSPS) is 20.9. The van der Waals surface area contributed by atoms with Gasteiger partial charge in [-0.15, -0.1) is 0 Å². The van der Waals surface area contributed by atoms with Gasteiger partial charge in [-0.25, -0.2) is 0 Å². The molecule has 0 saturated carbocycles. The van der Waals surface area contributed by atoms with Crippen molar-refractivity contribution in [1.82, 2.24) is 0 Å². The van der Waals surface area contributed by atoms with Crippen LogP contribution in [0.15, 0.2) is 0 Å². The topological polar surface area (TPSA) is 42.2 Å². The lowest BCUT2D eigenvalue weighted by atomic mass is 9.89. The van der Waals surface area contributed by atoms with Gasteiger partial charge in [0.15, 0.2) is 0 Å². The Hall–Kier alpha value is -0.590. The molecule has 0 N–H and O–H groups in total. The molecule has 3 heteroatoms. The smallest absolute Gasteiger partial charge is 0.0809 e. The average Bonchev–Trinajstić information content (AvgIpc) is 2.76. The molecule has 1 unspecified atom stereocenters. The first-order valence-electron chi connectivity index (χ1n) is 6.25. The Kier molecular flexibility index (Phi) is 5.79. The van der Waals surface area contributed by atoms with E-state index in [1.165, 1.54) is 6.42 Å². The second kappa shape index (κ2) is 6.88. The number of unbranched alkanes of at least 4 members (excludes halogenated alkanes) is 1. The molecule has 1 heterocycles. The van der Waals surface area contributed by atoms with Crippen LogP contribution in [-0.2, 0) is 9.47 Å². The van der Waals surface area contributed by atoms with Crippen LogP contribution >= 0.6 is 0 Å². The van der Waals surface area contributed by atoms with Crippen molar-refractivity contribution in [3.05, 3.63) is 0 Å². The van der Waals surface area contributed by atoms with Gasteiger partial charge in [-0.2, -0.15) is 5.26 Å². The summed E-state index contributed by atoms with van der Waals surface area (Å²) >= 11 is 0. The summed E-state index contributed by atoms with van der Waals surface area (Å²) in [6.07, 6.45) is 5.69. The summed E-state index contributed by atoms with van der Waals surface area (Å²) < 4.78 is 11.0. The van der Waals surface area contributed by atoms with Crippen LogP contribution in [0, 0.1) is 16.7 Å². The lowest BCUT2D eigenvalue weighted by Gasteiger charge is -2.14. The van der Waals surface area contributed by atoms with Gasteiger partial charge in [0.2, 0.25) is 0 Å². The first kappa shape index (κ1) is 13.5. The first-order chi connectivity index (χ1) is 7.64. The van der Waals surface area contributed by atoms with E-state index in [1.807, 2.05) is 13.8 Å². The zero-order valence-electron chi connectivity index (χ0n) is 10.5. The molecule has 0 aromatic rings. The second-order valence-electron chi connectivity index (χ2n) is 5.16. The Morgan fingerprint density at radius 2 is 2.25 bits per heavy atom. The van der Waals surface area contributed by atoms with Crippen molar-refractivity contribution >= 4 is 0 Å². The third-order valence-electron chi connectivity index (χ3n) is 2.97. The molecule has 0 spiro atoms. The van der Waals surface area contributed by atoms with Crippen LogP contribution in [0.1, 0.15) is 46.0 Å². The largest absolute Gasteiger partial charge is 0.379 e. The minimum atomic E-state index is -0.186. The number of hydrogen-bond donors (Lipinski definition) is 0. The van der Waals surface area contributed by atoms with E-state index in [2.05, 4.69) is 6.07 Å². The molecule has 1 aliphatic heterocycles. The van der Waals surface area contributed by atoms with E-state index in [0.717, 1.165) is 45.5 Å². The molecule has 0 aromatic heterocycles. The fourth-order valence-electron chi connectivity index (χ4n) is 1.82. The number of hydrogen-bond acceptors (Lipinski definition) is 3. The van der Waals surface area contributed by atoms with Gasteiger partial charge in [-0.1, -0.05) is 0 Å². The van der Waals surface area contributed by atoms with Crippen molar-refractivity contribution in [2.45, 2.75) is 52.1 Å².